The summed E-state index contributed by atoms with van der Waals surface area (Å²) in [7, 11) is 0. The summed E-state index contributed by atoms with van der Waals surface area (Å²) in [5.41, 5.74) is 0.488. The van der Waals surface area contributed by atoms with Crippen molar-refractivity contribution >= 4 is 35.0 Å². The van der Waals surface area contributed by atoms with Crippen LogP contribution in [0.3, 0.4) is 0 Å². The number of rotatable bonds is 2. The quantitative estimate of drug-likeness (QED) is 0.872. The van der Waals surface area contributed by atoms with Crippen LogP contribution in [0.5, 0.6) is 0 Å². The molecule has 0 spiro atoms. The van der Waals surface area contributed by atoms with E-state index in [4.69, 9.17) is 23.2 Å². The van der Waals surface area contributed by atoms with Crippen molar-refractivity contribution in [1.82, 2.24) is 0 Å². The van der Waals surface area contributed by atoms with Gasteiger partial charge in [-0.15, -0.1) is 0 Å². The first-order valence-electron chi connectivity index (χ1n) is 6.04. The smallest absolute Gasteiger partial charge is 0.0783 e. The summed E-state index contributed by atoms with van der Waals surface area (Å²) >= 11 is 13.9. The van der Waals surface area contributed by atoms with Crippen LogP contribution in [-0.4, -0.2) is 22.2 Å². The van der Waals surface area contributed by atoms with E-state index in [2.05, 4.69) is 13.8 Å². The molecule has 0 bridgehead atoms. The molecule has 1 heterocycles. The number of thioether (sulfide) groups is 1. The lowest BCUT2D eigenvalue weighted by molar-refractivity contribution is 0.0200. The highest BCUT2D eigenvalue weighted by Gasteiger charge is 2.39. The summed E-state index contributed by atoms with van der Waals surface area (Å²) in [6.45, 7) is 4.40. The zero-order chi connectivity index (χ0) is 13.4. The number of halogens is 2. The Morgan fingerprint density at radius 2 is 2.00 bits per heavy atom. The minimum absolute atomic E-state index is 0.177. The molecule has 1 nitrogen and oxygen atoms in total. The molecule has 0 aliphatic carbocycles. The lowest BCUT2D eigenvalue weighted by Crippen LogP contribution is -2.44. The lowest BCUT2D eigenvalue weighted by Gasteiger charge is -2.41. The van der Waals surface area contributed by atoms with Gasteiger partial charge in [0.2, 0.25) is 0 Å². The van der Waals surface area contributed by atoms with Gasteiger partial charge in [-0.3, -0.25) is 0 Å². The Balaban J connectivity index is 2.17. The van der Waals surface area contributed by atoms with Crippen molar-refractivity contribution in [2.24, 2.45) is 5.41 Å². The Morgan fingerprint density at radius 1 is 1.28 bits per heavy atom. The lowest BCUT2D eigenvalue weighted by atomic mass is 9.79. The van der Waals surface area contributed by atoms with Crippen LogP contribution in [0.4, 0.5) is 0 Å². The van der Waals surface area contributed by atoms with Crippen LogP contribution >= 0.6 is 35.0 Å². The molecular formula is C14H18Cl2OS. The van der Waals surface area contributed by atoms with E-state index in [1.54, 1.807) is 6.07 Å². The first-order chi connectivity index (χ1) is 8.30. The van der Waals surface area contributed by atoms with E-state index in [0.29, 0.717) is 16.5 Å². The molecule has 4 heteroatoms. The third kappa shape index (κ3) is 3.57. The van der Waals surface area contributed by atoms with Gasteiger partial charge in [0.1, 0.15) is 0 Å². The minimum Gasteiger partial charge on any atom is -0.389 e. The molecular weight excluding hydrogens is 287 g/mol. The Bertz CT molecular complexity index is 447. The molecule has 1 aliphatic rings. The molecule has 100 valence electrons. The minimum atomic E-state index is -0.663. The van der Waals surface area contributed by atoms with E-state index in [9.17, 15) is 5.11 Å². The van der Waals surface area contributed by atoms with Gasteiger partial charge >= 0.3 is 0 Å². The van der Waals surface area contributed by atoms with Gasteiger partial charge in [-0.1, -0.05) is 43.1 Å². The number of hydrogen-bond acceptors (Lipinski definition) is 2. The fourth-order valence-electron chi connectivity index (χ4n) is 2.64. The third-order valence-corrected chi connectivity index (χ3v) is 5.52. The van der Waals surface area contributed by atoms with Gasteiger partial charge in [0.15, 0.2) is 0 Å². The Morgan fingerprint density at radius 3 is 2.61 bits per heavy atom. The maximum Gasteiger partial charge on any atom is 0.0783 e. The van der Waals surface area contributed by atoms with E-state index < -0.39 is 5.60 Å². The van der Waals surface area contributed by atoms with Crippen molar-refractivity contribution in [3.8, 4) is 0 Å². The van der Waals surface area contributed by atoms with Crippen molar-refractivity contribution < 1.29 is 5.11 Å². The SMILES string of the molecule is CC1(C)CSCC(O)(Cc2ccc(Cl)cc2Cl)C1. The van der Waals surface area contributed by atoms with E-state index in [0.717, 1.165) is 23.5 Å². The van der Waals surface area contributed by atoms with Gasteiger partial charge in [0, 0.05) is 22.2 Å². The Kier molecular flexibility index (Phi) is 4.23. The molecule has 0 amide bonds. The number of aliphatic hydroxyl groups is 1. The molecule has 1 atom stereocenters. The summed E-state index contributed by atoms with van der Waals surface area (Å²) in [6, 6.07) is 5.48. The van der Waals surface area contributed by atoms with Gasteiger partial charge in [0.05, 0.1) is 5.60 Å². The topological polar surface area (TPSA) is 20.2 Å². The maximum atomic E-state index is 10.7. The Labute approximate surface area is 123 Å². The standard InChI is InChI=1S/C14H18Cl2OS/c1-13(2)7-14(17,9-18-8-13)6-10-3-4-11(15)5-12(10)16/h3-5,17H,6-9H2,1-2H3. The van der Waals surface area contributed by atoms with Crippen molar-refractivity contribution in [3.63, 3.8) is 0 Å². The first kappa shape index (κ1) is 14.5. The zero-order valence-corrected chi connectivity index (χ0v) is 13.0. The van der Waals surface area contributed by atoms with Gasteiger partial charge in [-0.25, -0.2) is 0 Å². The molecule has 1 N–H and O–H groups in total. The van der Waals surface area contributed by atoms with Crippen LogP contribution in [0, 0.1) is 5.41 Å². The molecule has 1 aromatic rings. The molecule has 1 saturated heterocycles. The largest absolute Gasteiger partial charge is 0.389 e. The zero-order valence-electron chi connectivity index (χ0n) is 10.7. The van der Waals surface area contributed by atoms with Crippen LogP contribution in [0.25, 0.3) is 0 Å². The molecule has 18 heavy (non-hydrogen) atoms. The predicted molar refractivity (Wildman–Crippen MR) is 80.8 cm³/mol. The summed E-state index contributed by atoms with van der Waals surface area (Å²) < 4.78 is 0. The van der Waals surface area contributed by atoms with Crippen LogP contribution in [-0.2, 0) is 6.42 Å². The molecule has 0 radical (unpaired) electrons. The van der Waals surface area contributed by atoms with E-state index in [1.807, 2.05) is 23.9 Å². The summed E-state index contributed by atoms with van der Waals surface area (Å²) in [5, 5.41) is 12.0. The highest BCUT2D eigenvalue weighted by molar-refractivity contribution is 7.99. The van der Waals surface area contributed by atoms with Crippen molar-refractivity contribution in [1.29, 1.82) is 0 Å². The highest BCUT2D eigenvalue weighted by Crippen LogP contribution is 2.41. The van der Waals surface area contributed by atoms with Crippen LogP contribution in [0.15, 0.2) is 18.2 Å². The van der Waals surface area contributed by atoms with Gasteiger partial charge in [0.25, 0.3) is 0 Å². The average Bonchev–Trinajstić information content (AvgIpc) is 2.20. The van der Waals surface area contributed by atoms with Crippen molar-refractivity contribution in [3.05, 3.63) is 33.8 Å². The molecule has 0 saturated carbocycles. The molecule has 1 aromatic carbocycles. The normalized spacial score (nSPS) is 27.2. The number of benzene rings is 1. The number of hydrogen-bond donors (Lipinski definition) is 1. The van der Waals surface area contributed by atoms with Gasteiger partial charge in [-0.2, -0.15) is 11.8 Å². The first-order valence-corrected chi connectivity index (χ1v) is 7.95. The van der Waals surface area contributed by atoms with Crippen molar-refractivity contribution in [2.75, 3.05) is 11.5 Å². The van der Waals surface area contributed by atoms with Gasteiger partial charge < -0.3 is 5.11 Å². The average molecular weight is 305 g/mol. The van der Waals surface area contributed by atoms with E-state index in [-0.39, 0.29) is 5.41 Å². The molecule has 1 unspecified atom stereocenters. The summed E-state index contributed by atoms with van der Waals surface area (Å²) in [4.78, 5) is 0. The molecule has 2 rings (SSSR count). The Hall–Kier alpha value is 0.110. The van der Waals surface area contributed by atoms with Crippen LogP contribution < -0.4 is 0 Å². The fraction of sp³-hybridized carbons (Fsp3) is 0.571. The molecule has 1 fully saturated rings. The fourth-order valence-corrected chi connectivity index (χ4v) is 4.46. The molecule has 1 aliphatic heterocycles. The maximum absolute atomic E-state index is 10.7. The van der Waals surface area contributed by atoms with Gasteiger partial charge in [-0.05, 0) is 35.3 Å². The monoisotopic (exact) mass is 304 g/mol. The highest BCUT2D eigenvalue weighted by atomic mass is 35.5. The van der Waals surface area contributed by atoms with E-state index in [1.165, 1.54) is 0 Å². The second kappa shape index (κ2) is 5.24. The van der Waals surface area contributed by atoms with Crippen LogP contribution in [0.2, 0.25) is 10.0 Å². The van der Waals surface area contributed by atoms with Crippen molar-refractivity contribution in [2.45, 2.75) is 32.3 Å². The molecule has 0 aromatic heterocycles. The summed E-state index contributed by atoms with van der Waals surface area (Å²) in [5.74, 6) is 1.87. The van der Waals surface area contributed by atoms with Crippen LogP contribution in [0.1, 0.15) is 25.8 Å². The third-order valence-electron chi connectivity index (χ3n) is 3.21. The van der Waals surface area contributed by atoms with E-state index >= 15 is 0 Å². The second-order valence-electron chi connectivity index (χ2n) is 5.97. The summed E-state index contributed by atoms with van der Waals surface area (Å²) in [6.07, 6.45) is 1.41. The predicted octanol–water partition coefficient (Wildman–Crippen LogP) is 4.43. The second-order valence-corrected chi connectivity index (χ2v) is 7.80.